The molecule has 1 aromatic carbocycles. The zero-order valence-electron chi connectivity index (χ0n) is 21.0. The quantitative estimate of drug-likeness (QED) is 0.360. The number of hydrogen-bond donors (Lipinski definition) is 1. The van der Waals surface area contributed by atoms with Gasteiger partial charge in [0.25, 0.3) is 5.88 Å². The van der Waals surface area contributed by atoms with E-state index < -0.39 is 29.5 Å². The molecule has 0 fully saturated rings. The van der Waals surface area contributed by atoms with Gasteiger partial charge >= 0.3 is 12.1 Å². The SMILES string of the molecule is CCOC(=O)CC(Cc1nccc(-c2ccc(Oc3ncc(Cl)cc3F)cc2)n1)NC(=O)OC(C)(C)C. The number of carbonyl (C=O) groups excluding carboxylic acids is 2. The lowest BCUT2D eigenvalue weighted by atomic mass is 10.1. The molecule has 0 aliphatic heterocycles. The van der Waals surface area contributed by atoms with E-state index in [4.69, 9.17) is 25.8 Å². The lowest BCUT2D eigenvalue weighted by molar-refractivity contribution is -0.143. The van der Waals surface area contributed by atoms with Crippen molar-refractivity contribution in [1.82, 2.24) is 20.3 Å². The Hall–Kier alpha value is -3.79. The van der Waals surface area contributed by atoms with Crippen molar-refractivity contribution in [1.29, 1.82) is 0 Å². The van der Waals surface area contributed by atoms with Crippen LogP contribution in [0.25, 0.3) is 11.3 Å². The zero-order valence-corrected chi connectivity index (χ0v) is 21.7. The average Bonchev–Trinajstić information content (AvgIpc) is 2.80. The smallest absolute Gasteiger partial charge is 0.407 e. The van der Waals surface area contributed by atoms with Gasteiger partial charge in [-0.3, -0.25) is 4.79 Å². The van der Waals surface area contributed by atoms with E-state index in [1.54, 1.807) is 64.2 Å². The molecule has 2 aromatic heterocycles. The maximum atomic E-state index is 14.0. The number of carbonyl (C=O) groups is 2. The third-order valence-corrected chi connectivity index (χ3v) is 4.92. The fourth-order valence-corrected chi connectivity index (χ4v) is 3.38. The maximum absolute atomic E-state index is 14.0. The highest BCUT2D eigenvalue weighted by Gasteiger charge is 2.23. The third kappa shape index (κ3) is 8.98. The molecule has 2 heterocycles. The number of nitrogens with zero attached hydrogens (tertiary/aromatic N) is 3. The lowest BCUT2D eigenvalue weighted by Crippen LogP contribution is -2.41. The highest BCUT2D eigenvalue weighted by atomic mass is 35.5. The van der Waals surface area contributed by atoms with Crippen molar-refractivity contribution in [3.63, 3.8) is 0 Å². The number of benzene rings is 1. The molecule has 37 heavy (non-hydrogen) atoms. The number of rotatable bonds is 9. The first-order chi connectivity index (χ1) is 17.5. The van der Waals surface area contributed by atoms with Gasteiger partial charge in [0.2, 0.25) is 0 Å². The second-order valence-corrected chi connectivity index (χ2v) is 9.42. The van der Waals surface area contributed by atoms with Crippen molar-refractivity contribution in [2.24, 2.45) is 0 Å². The first-order valence-electron chi connectivity index (χ1n) is 11.6. The Balaban J connectivity index is 1.73. The monoisotopic (exact) mass is 530 g/mol. The predicted molar refractivity (Wildman–Crippen MR) is 135 cm³/mol. The summed E-state index contributed by atoms with van der Waals surface area (Å²) in [6.45, 7) is 7.18. The van der Waals surface area contributed by atoms with E-state index in [0.29, 0.717) is 17.3 Å². The molecule has 1 N–H and O–H groups in total. The molecular formula is C26H28ClFN4O5. The summed E-state index contributed by atoms with van der Waals surface area (Å²) < 4.78 is 29.8. The minimum Gasteiger partial charge on any atom is -0.466 e. The molecule has 11 heteroatoms. The molecule has 0 aliphatic carbocycles. The van der Waals surface area contributed by atoms with Gasteiger partial charge in [0.15, 0.2) is 5.82 Å². The van der Waals surface area contributed by atoms with E-state index >= 15 is 0 Å². The van der Waals surface area contributed by atoms with E-state index in [1.165, 1.54) is 6.20 Å². The number of hydrogen-bond acceptors (Lipinski definition) is 8. The molecule has 0 saturated carbocycles. The molecule has 3 aromatic rings. The summed E-state index contributed by atoms with van der Waals surface area (Å²) in [6.07, 6.45) is 2.34. The summed E-state index contributed by atoms with van der Waals surface area (Å²) in [5.41, 5.74) is 0.669. The van der Waals surface area contributed by atoms with Crippen LogP contribution < -0.4 is 10.1 Å². The maximum Gasteiger partial charge on any atom is 0.407 e. The lowest BCUT2D eigenvalue weighted by Gasteiger charge is -2.23. The Morgan fingerprint density at radius 1 is 1.14 bits per heavy atom. The number of ether oxygens (including phenoxy) is 3. The molecule has 0 saturated heterocycles. The van der Waals surface area contributed by atoms with E-state index in [9.17, 15) is 14.0 Å². The first kappa shape index (κ1) is 27.8. The van der Waals surface area contributed by atoms with Crippen molar-refractivity contribution >= 4 is 23.7 Å². The van der Waals surface area contributed by atoms with Crippen LogP contribution in [0.15, 0.2) is 48.8 Å². The highest BCUT2D eigenvalue weighted by molar-refractivity contribution is 6.30. The molecule has 0 spiro atoms. The Kier molecular flexibility index (Phi) is 9.35. The summed E-state index contributed by atoms with van der Waals surface area (Å²) in [5, 5.41) is 2.88. The van der Waals surface area contributed by atoms with Gasteiger partial charge in [0, 0.05) is 30.4 Å². The molecule has 1 amide bonds. The van der Waals surface area contributed by atoms with Crippen molar-refractivity contribution in [2.45, 2.75) is 52.2 Å². The topological polar surface area (TPSA) is 113 Å². The van der Waals surface area contributed by atoms with Gasteiger partial charge in [0.05, 0.1) is 23.7 Å². The van der Waals surface area contributed by atoms with Crippen molar-refractivity contribution in [3.8, 4) is 22.9 Å². The van der Waals surface area contributed by atoms with Crippen LogP contribution >= 0.6 is 11.6 Å². The summed E-state index contributed by atoms with van der Waals surface area (Å²) in [6, 6.07) is 9.02. The van der Waals surface area contributed by atoms with Crippen LogP contribution in [0.3, 0.4) is 0 Å². The molecule has 0 aliphatic rings. The molecule has 3 rings (SSSR count). The Bertz CT molecular complexity index is 1230. The molecule has 9 nitrogen and oxygen atoms in total. The first-order valence-corrected chi connectivity index (χ1v) is 12.0. The summed E-state index contributed by atoms with van der Waals surface area (Å²) in [5.74, 6) is -0.527. The van der Waals surface area contributed by atoms with Crippen LogP contribution in [0, 0.1) is 5.82 Å². The number of nitrogens with one attached hydrogen (secondary N) is 1. The fraction of sp³-hybridized carbons (Fsp3) is 0.346. The van der Waals surface area contributed by atoms with Gasteiger partial charge in [0.1, 0.15) is 17.2 Å². The number of alkyl carbamates (subject to hydrolysis) is 1. The average molecular weight is 531 g/mol. The van der Waals surface area contributed by atoms with Crippen LogP contribution in [0.2, 0.25) is 5.02 Å². The van der Waals surface area contributed by atoms with Gasteiger partial charge in [-0.1, -0.05) is 11.6 Å². The van der Waals surface area contributed by atoms with Crippen LogP contribution in [0.4, 0.5) is 9.18 Å². The fourth-order valence-electron chi connectivity index (χ4n) is 3.23. The molecule has 1 atom stereocenters. The minimum absolute atomic E-state index is 0.0675. The van der Waals surface area contributed by atoms with Crippen LogP contribution in [-0.4, -0.2) is 45.3 Å². The number of aromatic nitrogens is 3. The summed E-state index contributed by atoms with van der Waals surface area (Å²) in [4.78, 5) is 37.1. The van der Waals surface area contributed by atoms with Crippen molar-refractivity contribution < 1.29 is 28.2 Å². The van der Waals surface area contributed by atoms with Gasteiger partial charge in [-0.05, 0) is 64.1 Å². The van der Waals surface area contributed by atoms with Crippen molar-refractivity contribution in [3.05, 3.63) is 65.5 Å². The largest absolute Gasteiger partial charge is 0.466 e. The molecule has 0 radical (unpaired) electrons. The second-order valence-electron chi connectivity index (χ2n) is 8.98. The number of pyridine rings is 1. The minimum atomic E-state index is -0.694. The Morgan fingerprint density at radius 3 is 2.51 bits per heavy atom. The summed E-state index contributed by atoms with van der Waals surface area (Å²) >= 11 is 5.72. The van der Waals surface area contributed by atoms with E-state index in [-0.39, 0.29) is 30.4 Å². The Morgan fingerprint density at radius 2 is 1.86 bits per heavy atom. The molecule has 1 unspecified atom stereocenters. The number of halogens is 2. The van der Waals surface area contributed by atoms with E-state index in [2.05, 4.69) is 20.3 Å². The van der Waals surface area contributed by atoms with Crippen LogP contribution in [0.5, 0.6) is 11.6 Å². The standard InChI is InChI=1S/C26H28ClFN4O5/c1-5-35-23(33)14-18(31-25(34)37-26(2,3)4)13-22-29-11-10-21(32-22)16-6-8-19(9-7-16)36-24-20(28)12-17(27)15-30-24/h6-12,15,18H,5,13-14H2,1-4H3,(H,31,34). The zero-order chi connectivity index (χ0) is 27.0. The van der Waals surface area contributed by atoms with Gasteiger partial charge in [-0.25, -0.2) is 24.1 Å². The van der Waals surface area contributed by atoms with E-state index in [0.717, 1.165) is 11.6 Å². The molecular weight excluding hydrogens is 503 g/mol. The highest BCUT2D eigenvalue weighted by Crippen LogP contribution is 2.26. The normalized spacial score (nSPS) is 11.9. The molecule has 196 valence electrons. The van der Waals surface area contributed by atoms with Gasteiger partial charge in [-0.2, -0.15) is 0 Å². The predicted octanol–water partition coefficient (Wildman–Crippen LogP) is 5.51. The number of esters is 1. The van der Waals surface area contributed by atoms with Crippen LogP contribution in [0.1, 0.15) is 39.9 Å². The van der Waals surface area contributed by atoms with Crippen LogP contribution in [-0.2, 0) is 20.7 Å². The second kappa shape index (κ2) is 12.4. The Labute approximate surface area is 219 Å². The van der Waals surface area contributed by atoms with Gasteiger partial charge < -0.3 is 19.5 Å². The number of amides is 1. The van der Waals surface area contributed by atoms with Gasteiger partial charge in [-0.15, -0.1) is 0 Å². The van der Waals surface area contributed by atoms with E-state index in [1.807, 2.05) is 0 Å². The summed E-state index contributed by atoms with van der Waals surface area (Å²) in [7, 11) is 0. The molecule has 0 bridgehead atoms. The van der Waals surface area contributed by atoms with Crippen molar-refractivity contribution in [2.75, 3.05) is 6.61 Å². The third-order valence-electron chi connectivity index (χ3n) is 4.71.